The lowest BCUT2D eigenvalue weighted by atomic mass is 10.1. The number of nitrogens with zero attached hydrogens (tertiary/aromatic N) is 3. The second kappa shape index (κ2) is 5.26. The summed E-state index contributed by atoms with van der Waals surface area (Å²) < 4.78 is 1.54. The van der Waals surface area contributed by atoms with Crippen LogP contribution in [0, 0.1) is 10.1 Å². The highest BCUT2D eigenvalue weighted by molar-refractivity contribution is 6.06. The zero-order valence-corrected chi connectivity index (χ0v) is 10.2. The van der Waals surface area contributed by atoms with Crippen LogP contribution >= 0.6 is 0 Å². The summed E-state index contributed by atoms with van der Waals surface area (Å²) in [5, 5.41) is 14.5. The van der Waals surface area contributed by atoms with Crippen LogP contribution in [-0.4, -0.2) is 20.5 Å². The van der Waals surface area contributed by atoms with Gasteiger partial charge in [-0.1, -0.05) is 18.2 Å². The Hall–Kier alpha value is -2.76. The van der Waals surface area contributed by atoms with Crippen LogP contribution in [0.4, 0.5) is 5.69 Å². The summed E-state index contributed by atoms with van der Waals surface area (Å²) >= 11 is 0. The van der Waals surface area contributed by atoms with Gasteiger partial charge in [-0.15, -0.1) is 0 Å². The number of aromatic nitrogens is 2. The van der Waals surface area contributed by atoms with E-state index in [0.29, 0.717) is 11.1 Å². The van der Waals surface area contributed by atoms with E-state index in [1.807, 2.05) is 0 Å². The van der Waals surface area contributed by atoms with Crippen LogP contribution in [-0.2, 0) is 7.05 Å². The minimum Gasteiger partial charge on any atom is -0.289 e. The molecule has 0 aliphatic carbocycles. The number of carbonyl (C=O) groups excluding carboxylic acids is 1. The molecule has 0 aliphatic heterocycles. The maximum Gasteiger partial charge on any atom is 0.270 e. The zero-order valence-electron chi connectivity index (χ0n) is 10.2. The number of hydrogen-bond acceptors (Lipinski definition) is 4. The Balaban J connectivity index is 2.16. The first-order valence-corrected chi connectivity index (χ1v) is 5.52. The Labute approximate surface area is 109 Å². The molecule has 2 rings (SSSR count). The first-order chi connectivity index (χ1) is 9.06. The molecule has 0 aliphatic rings. The Kier molecular flexibility index (Phi) is 3.51. The Bertz CT molecular complexity index is 659. The van der Waals surface area contributed by atoms with E-state index >= 15 is 0 Å². The minimum atomic E-state index is -0.472. The standard InChI is InChI=1S/C13H11N3O3/c1-15-9-11(8-14-15)13(17)6-5-10-3-2-4-12(7-10)16(18)19/h2-9H,1H3/b6-5+. The van der Waals surface area contributed by atoms with E-state index in [1.54, 1.807) is 31.5 Å². The quantitative estimate of drug-likeness (QED) is 0.364. The molecule has 0 atom stereocenters. The van der Waals surface area contributed by atoms with Gasteiger partial charge in [-0.25, -0.2) is 0 Å². The maximum atomic E-state index is 11.8. The number of hydrogen-bond donors (Lipinski definition) is 0. The predicted molar refractivity (Wildman–Crippen MR) is 69.7 cm³/mol. The molecular weight excluding hydrogens is 246 g/mol. The fourth-order valence-electron chi connectivity index (χ4n) is 1.56. The van der Waals surface area contributed by atoms with E-state index in [0.717, 1.165) is 0 Å². The summed E-state index contributed by atoms with van der Waals surface area (Å²) in [6, 6.07) is 6.08. The number of nitro groups is 1. The van der Waals surface area contributed by atoms with Gasteiger partial charge in [-0.3, -0.25) is 19.6 Å². The molecule has 0 radical (unpaired) electrons. The summed E-state index contributed by atoms with van der Waals surface area (Å²) in [5.74, 6) is -0.195. The third-order valence-corrected chi connectivity index (χ3v) is 2.50. The van der Waals surface area contributed by atoms with Gasteiger partial charge in [0.05, 0.1) is 16.7 Å². The van der Waals surface area contributed by atoms with Crippen molar-refractivity contribution >= 4 is 17.5 Å². The molecule has 0 saturated heterocycles. The predicted octanol–water partition coefficient (Wildman–Crippen LogP) is 2.22. The summed E-state index contributed by atoms with van der Waals surface area (Å²) in [6.07, 6.45) is 6.00. The monoisotopic (exact) mass is 257 g/mol. The van der Waals surface area contributed by atoms with Crippen molar-refractivity contribution in [3.05, 3.63) is 64.0 Å². The highest BCUT2D eigenvalue weighted by Crippen LogP contribution is 2.14. The number of nitro benzene ring substituents is 1. The van der Waals surface area contributed by atoms with Gasteiger partial charge >= 0.3 is 0 Å². The number of carbonyl (C=O) groups is 1. The van der Waals surface area contributed by atoms with Crippen LogP contribution in [0.1, 0.15) is 15.9 Å². The molecule has 6 heteroatoms. The number of ketones is 1. The van der Waals surface area contributed by atoms with Gasteiger partial charge in [0.1, 0.15) is 0 Å². The maximum absolute atomic E-state index is 11.8. The van der Waals surface area contributed by atoms with Crippen molar-refractivity contribution in [3.63, 3.8) is 0 Å². The van der Waals surface area contributed by atoms with Crippen molar-refractivity contribution in [3.8, 4) is 0 Å². The van der Waals surface area contributed by atoms with E-state index in [1.165, 1.54) is 29.1 Å². The number of benzene rings is 1. The van der Waals surface area contributed by atoms with Crippen molar-refractivity contribution in [2.45, 2.75) is 0 Å². The SMILES string of the molecule is Cn1cc(C(=O)/C=C/c2cccc([N+](=O)[O-])c2)cn1. The lowest BCUT2D eigenvalue weighted by molar-refractivity contribution is -0.384. The molecule has 0 unspecified atom stereocenters. The molecule has 19 heavy (non-hydrogen) atoms. The second-order valence-electron chi connectivity index (χ2n) is 3.95. The summed E-state index contributed by atoms with van der Waals surface area (Å²) in [7, 11) is 1.72. The lowest BCUT2D eigenvalue weighted by Gasteiger charge is -1.94. The van der Waals surface area contributed by atoms with E-state index in [9.17, 15) is 14.9 Å². The van der Waals surface area contributed by atoms with Crippen molar-refractivity contribution in [1.29, 1.82) is 0 Å². The molecule has 1 aromatic carbocycles. The molecule has 2 aromatic rings. The smallest absolute Gasteiger partial charge is 0.270 e. The van der Waals surface area contributed by atoms with Gasteiger partial charge < -0.3 is 0 Å². The molecule has 6 nitrogen and oxygen atoms in total. The highest BCUT2D eigenvalue weighted by atomic mass is 16.6. The largest absolute Gasteiger partial charge is 0.289 e. The molecule has 0 N–H and O–H groups in total. The van der Waals surface area contributed by atoms with Gasteiger partial charge in [0.15, 0.2) is 5.78 Å². The van der Waals surface area contributed by atoms with Crippen LogP contribution in [0.5, 0.6) is 0 Å². The van der Waals surface area contributed by atoms with Crippen LogP contribution < -0.4 is 0 Å². The lowest BCUT2D eigenvalue weighted by Crippen LogP contribution is -1.92. The summed E-state index contributed by atoms with van der Waals surface area (Å²) in [5.41, 5.74) is 1.08. The van der Waals surface area contributed by atoms with E-state index in [2.05, 4.69) is 5.10 Å². The Morgan fingerprint density at radius 1 is 1.47 bits per heavy atom. The van der Waals surface area contributed by atoms with Crippen LogP contribution in [0.25, 0.3) is 6.08 Å². The molecule has 0 bridgehead atoms. The molecule has 0 saturated carbocycles. The average Bonchev–Trinajstić information content (AvgIpc) is 2.83. The zero-order chi connectivity index (χ0) is 13.8. The molecular formula is C13H11N3O3. The van der Waals surface area contributed by atoms with Gasteiger partial charge in [-0.2, -0.15) is 5.10 Å². The van der Waals surface area contributed by atoms with E-state index < -0.39 is 4.92 Å². The van der Waals surface area contributed by atoms with Crippen LogP contribution in [0.2, 0.25) is 0 Å². The Morgan fingerprint density at radius 3 is 2.89 bits per heavy atom. The average molecular weight is 257 g/mol. The van der Waals surface area contributed by atoms with Gasteiger partial charge in [0.25, 0.3) is 5.69 Å². The van der Waals surface area contributed by atoms with Crippen molar-refractivity contribution in [2.24, 2.45) is 7.05 Å². The molecule has 96 valence electrons. The van der Waals surface area contributed by atoms with E-state index in [-0.39, 0.29) is 11.5 Å². The Morgan fingerprint density at radius 2 is 2.26 bits per heavy atom. The van der Waals surface area contributed by atoms with Crippen molar-refractivity contribution < 1.29 is 9.72 Å². The fourth-order valence-corrected chi connectivity index (χ4v) is 1.56. The molecule has 1 aromatic heterocycles. The molecule has 0 amide bonds. The summed E-state index contributed by atoms with van der Waals surface area (Å²) in [6.45, 7) is 0. The number of rotatable bonds is 4. The third kappa shape index (κ3) is 3.12. The number of aryl methyl sites for hydroxylation is 1. The van der Waals surface area contributed by atoms with Crippen molar-refractivity contribution in [2.75, 3.05) is 0 Å². The fraction of sp³-hybridized carbons (Fsp3) is 0.0769. The van der Waals surface area contributed by atoms with Crippen molar-refractivity contribution in [1.82, 2.24) is 9.78 Å². The topological polar surface area (TPSA) is 78.0 Å². The van der Waals surface area contributed by atoms with E-state index in [4.69, 9.17) is 0 Å². The van der Waals surface area contributed by atoms with Crippen LogP contribution in [0.15, 0.2) is 42.7 Å². The van der Waals surface area contributed by atoms with Crippen LogP contribution in [0.3, 0.4) is 0 Å². The summed E-state index contributed by atoms with van der Waals surface area (Å²) in [4.78, 5) is 21.9. The highest BCUT2D eigenvalue weighted by Gasteiger charge is 2.06. The van der Waals surface area contributed by atoms with Gasteiger partial charge in [0.2, 0.25) is 0 Å². The number of allylic oxidation sites excluding steroid dienone is 1. The molecule has 0 spiro atoms. The molecule has 1 heterocycles. The number of non-ortho nitro benzene ring substituents is 1. The normalized spacial score (nSPS) is 10.8. The first-order valence-electron chi connectivity index (χ1n) is 5.52. The minimum absolute atomic E-state index is 0.00373. The first kappa shape index (κ1) is 12.7. The second-order valence-corrected chi connectivity index (χ2v) is 3.95. The van der Waals surface area contributed by atoms with Gasteiger partial charge in [0, 0.05) is 25.4 Å². The van der Waals surface area contributed by atoms with Gasteiger partial charge in [-0.05, 0) is 11.6 Å². The molecule has 0 fully saturated rings. The third-order valence-electron chi connectivity index (χ3n) is 2.50.